The van der Waals surface area contributed by atoms with Gasteiger partial charge in [0, 0.05) is 48.8 Å². The predicted octanol–water partition coefficient (Wildman–Crippen LogP) is 2.63. The number of fused-ring (bicyclic) bond motifs is 3. The summed E-state index contributed by atoms with van der Waals surface area (Å²) < 4.78 is 0. The Morgan fingerprint density at radius 1 is 1.20 bits per heavy atom. The summed E-state index contributed by atoms with van der Waals surface area (Å²) in [7, 11) is 0. The van der Waals surface area contributed by atoms with Gasteiger partial charge in [-0.2, -0.15) is 0 Å². The number of carbonyl (C=O) groups excluding carboxylic acids is 4. The van der Waals surface area contributed by atoms with Gasteiger partial charge in [-0.15, -0.1) is 0 Å². The Hall–Kier alpha value is -4.51. The van der Waals surface area contributed by atoms with Gasteiger partial charge in [0.2, 0.25) is 5.78 Å². The van der Waals surface area contributed by atoms with Crippen molar-refractivity contribution in [1.82, 2.24) is 4.98 Å². The lowest BCUT2D eigenvalue weighted by atomic mass is 9.59. The Morgan fingerprint density at radius 2 is 1.93 bits per heavy atom. The smallest absolute Gasteiger partial charge is 0.255 e. The third kappa shape index (κ3) is 4.37. The van der Waals surface area contributed by atoms with Crippen LogP contribution in [0.1, 0.15) is 66.1 Å². The van der Waals surface area contributed by atoms with Crippen LogP contribution in [-0.2, 0) is 20.8 Å². The van der Waals surface area contributed by atoms with E-state index in [0.717, 1.165) is 5.56 Å². The van der Waals surface area contributed by atoms with E-state index in [9.17, 15) is 39.6 Å². The maximum absolute atomic E-state index is 13.8. The summed E-state index contributed by atoms with van der Waals surface area (Å²) in [5.74, 6) is -6.89. The third-order valence-corrected chi connectivity index (χ3v) is 8.37. The molecule has 0 saturated heterocycles. The van der Waals surface area contributed by atoms with E-state index in [2.05, 4.69) is 10.3 Å². The van der Waals surface area contributed by atoms with E-state index in [1.165, 1.54) is 6.20 Å². The van der Waals surface area contributed by atoms with Gasteiger partial charge in [-0.05, 0) is 54.0 Å². The van der Waals surface area contributed by atoms with E-state index in [4.69, 9.17) is 5.73 Å². The number of carbonyl (C=O) groups is 4. The number of hydrogen-bond acceptors (Lipinski definition) is 10. The number of pyridine rings is 1. The highest BCUT2D eigenvalue weighted by molar-refractivity contribution is 6.22. The van der Waals surface area contributed by atoms with Crippen molar-refractivity contribution < 1.29 is 39.6 Å². The average molecular weight is 562 g/mol. The van der Waals surface area contributed by atoms with Gasteiger partial charge in [-0.25, -0.2) is 0 Å². The Morgan fingerprint density at radius 3 is 2.56 bits per heavy atom. The molecule has 3 atom stereocenters. The highest BCUT2D eigenvalue weighted by atomic mass is 16.3. The number of primary amides is 1. The van der Waals surface area contributed by atoms with Crippen LogP contribution < -0.4 is 11.1 Å². The first-order valence-electron chi connectivity index (χ1n) is 13.4. The van der Waals surface area contributed by atoms with Crippen molar-refractivity contribution in [3.63, 3.8) is 0 Å². The normalized spacial score (nSPS) is 23.7. The minimum Gasteiger partial charge on any atom is -0.508 e. The summed E-state index contributed by atoms with van der Waals surface area (Å²) in [4.78, 5) is 54.6. The number of rotatable bonds is 7. The average Bonchev–Trinajstić information content (AvgIpc) is 2.91. The monoisotopic (exact) mass is 561 g/mol. The molecule has 0 radical (unpaired) electrons. The maximum Gasteiger partial charge on any atom is 0.255 e. The van der Waals surface area contributed by atoms with Gasteiger partial charge in [-0.1, -0.05) is 13.8 Å². The Balaban J connectivity index is 1.55. The fraction of sp³-hybridized carbons (Fsp3) is 0.367. The van der Waals surface area contributed by atoms with Crippen LogP contribution in [-0.4, -0.2) is 60.8 Å². The highest BCUT2D eigenvalue weighted by Gasteiger charge is 2.60. The number of nitrogens with two attached hydrogens (primary N) is 1. The number of aromatic nitrogens is 1. The molecule has 1 amide bonds. The quantitative estimate of drug-likeness (QED) is 0.166. The van der Waals surface area contributed by atoms with Crippen LogP contribution in [0, 0.1) is 11.8 Å². The number of ketones is 3. The number of hydrogen-bond donors (Lipinski definition) is 6. The van der Waals surface area contributed by atoms with Crippen molar-refractivity contribution in [2.24, 2.45) is 17.6 Å². The van der Waals surface area contributed by atoms with E-state index in [0.29, 0.717) is 11.1 Å². The second kappa shape index (κ2) is 10.2. The second-order valence-corrected chi connectivity index (χ2v) is 11.1. The lowest BCUT2D eigenvalue weighted by Gasteiger charge is -2.46. The molecular weight excluding hydrogens is 530 g/mol. The summed E-state index contributed by atoms with van der Waals surface area (Å²) in [5.41, 5.74) is 3.74. The van der Waals surface area contributed by atoms with Gasteiger partial charge in [0.05, 0.1) is 11.3 Å². The van der Waals surface area contributed by atoms with E-state index >= 15 is 0 Å². The van der Waals surface area contributed by atoms with Crippen LogP contribution in [0.3, 0.4) is 0 Å². The molecule has 1 saturated carbocycles. The van der Waals surface area contributed by atoms with Crippen LogP contribution in [0.25, 0.3) is 5.76 Å². The topological polar surface area (TPSA) is 200 Å². The molecule has 41 heavy (non-hydrogen) atoms. The molecule has 3 aliphatic carbocycles. The van der Waals surface area contributed by atoms with Gasteiger partial charge in [0.25, 0.3) is 5.91 Å². The van der Waals surface area contributed by atoms with Crippen molar-refractivity contribution in [3.05, 3.63) is 69.8 Å². The van der Waals surface area contributed by atoms with Gasteiger partial charge in [0.1, 0.15) is 22.8 Å². The molecule has 11 nitrogen and oxygen atoms in total. The highest BCUT2D eigenvalue weighted by Crippen LogP contribution is 2.53. The molecule has 3 aliphatic rings. The SMILES string of the molecule is CC(C)c1cc(NCCC(=O)c2cccnc2)c(O)c2c1C[C@H]1C[C@H]3CC(=O)C(C(N)=O)=C(O)[C@@]3(O)C(=O)C1=C2O. The molecule has 0 unspecified atom stereocenters. The summed E-state index contributed by atoms with van der Waals surface area (Å²) >= 11 is 0. The zero-order chi connectivity index (χ0) is 29.8. The second-order valence-electron chi connectivity index (χ2n) is 11.1. The Labute approximate surface area is 235 Å². The van der Waals surface area contributed by atoms with Crippen molar-refractivity contribution in [2.45, 2.75) is 51.0 Å². The maximum atomic E-state index is 13.8. The molecule has 0 spiro atoms. The van der Waals surface area contributed by atoms with Crippen LogP contribution in [0.15, 0.2) is 47.5 Å². The molecule has 11 heteroatoms. The number of phenolic OH excluding ortho intramolecular Hbond substituents is 1. The van der Waals surface area contributed by atoms with Gasteiger partial charge in [-0.3, -0.25) is 24.2 Å². The first kappa shape index (κ1) is 28.0. The molecule has 5 rings (SSSR count). The minimum atomic E-state index is -2.62. The van der Waals surface area contributed by atoms with E-state index in [1.54, 1.807) is 24.4 Å². The first-order valence-corrected chi connectivity index (χ1v) is 13.4. The Kier molecular flexibility index (Phi) is 6.94. The standard InChI is InChI=1S/C30H31N3O8/c1-13(2)17-11-19(33-7-5-20(34)14-4-3-6-32-12-14)25(36)23-18(17)9-15-8-16-10-21(35)24(29(31)40)28(39)30(16,41)27(38)22(15)26(23)37/h3-4,6,11-13,15-16,33,36-37,39,41H,5,7-10H2,1-2H3,(H2,31,40)/t15-,16+,30+/m1/s1. The predicted molar refractivity (Wildman–Crippen MR) is 147 cm³/mol. The summed E-state index contributed by atoms with van der Waals surface area (Å²) in [6, 6.07) is 5.07. The van der Waals surface area contributed by atoms with Crippen molar-refractivity contribution in [2.75, 3.05) is 11.9 Å². The number of nitrogens with one attached hydrogen (secondary N) is 1. The fourth-order valence-corrected chi connectivity index (χ4v) is 6.35. The van der Waals surface area contributed by atoms with Crippen molar-refractivity contribution in [3.8, 4) is 5.75 Å². The number of phenols is 1. The number of aliphatic hydroxyl groups is 3. The van der Waals surface area contributed by atoms with Gasteiger partial charge in [0.15, 0.2) is 17.2 Å². The summed E-state index contributed by atoms with van der Waals surface area (Å²) in [6.45, 7) is 4.05. The molecule has 1 aromatic carbocycles. The lowest BCUT2D eigenvalue weighted by Crippen LogP contribution is -2.58. The van der Waals surface area contributed by atoms with Crippen LogP contribution in [0.4, 0.5) is 5.69 Å². The molecule has 214 valence electrons. The van der Waals surface area contributed by atoms with Crippen molar-refractivity contribution >= 4 is 34.7 Å². The first-order chi connectivity index (χ1) is 19.4. The number of benzene rings is 1. The third-order valence-electron chi connectivity index (χ3n) is 8.37. The zero-order valence-electron chi connectivity index (χ0n) is 22.6. The number of anilines is 1. The molecule has 1 aromatic heterocycles. The number of aromatic hydroxyl groups is 1. The lowest BCUT2D eigenvalue weighted by molar-refractivity contribution is -0.147. The zero-order valence-corrected chi connectivity index (χ0v) is 22.6. The van der Waals surface area contributed by atoms with Gasteiger partial charge < -0.3 is 31.5 Å². The van der Waals surface area contributed by atoms with Crippen LogP contribution in [0.2, 0.25) is 0 Å². The van der Waals surface area contributed by atoms with Crippen molar-refractivity contribution in [1.29, 1.82) is 0 Å². The largest absolute Gasteiger partial charge is 0.508 e. The van der Waals surface area contributed by atoms with E-state index in [-0.39, 0.29) is 66.5 Å². The molecule has 1 heterocycles. The molecule has 1 fully saturated rings. The minimum absolute atomic E-state index is 0.0180. The van der Waals surface area contributed by atoms with E-state index in [1.807, 2.05) is 13.8 Å². The van der Waals surface area contributed by atoms with E-state index < -0.39 is 52.0 Å². The molecule has 7 N–H and O–H groups in total. The Bertz CT molecular complexity index is 1560. The number of amides is 1. The number of Topliss-reactive ketones (excluding diaryl/α,β-unsaturated/α-hetero) is 3. The fourth-order valence-electron chi connectivity index (χ4n) is 6.35. The molecule has 2 aromatic rings. The van der Waals surface area contributed by atoms with Crippen LogP contribution in [0.5, 0.6) is 5.75 Å². The molecular formula is C30H31N3O8. The number of aliphatic hydroxyl groups excluding tert-OH is 2. The van der Waals surface area contributed by atoms with Crippen LogP contribution >= 0.6 is 0 Å². The molecule has 0 aliphatic heterocycles. The summed E-state index contributed by atoms with van der Waals surface area (Å²) in [5, 5.41) is 48.0. The molecule has 0 bridgehead atoms. The number of nitrogens with zero attached hydrogens (tertiary/aromatic N) is 1. The summed E-state index contributed by atoms with van der Waals surface area (Å²) in [6.07, 6.45) is 3.07. The van der Waals surface area contributed by atoms with Gasteiger partial charge >= 0.3 is 0 Å².